The molecule has 0 bridgehead atoms. The Morgan fingerprint density at radius 1 is 1.39 bits per heavy atom. The zero-order valence-corrected chi connectivity index (χ0v) is 10.5. The number of hydrogen-bond donors (Lipinski definition) is 0. The van der Waals surface area contributed by atoms with E-state index < -0.39 is 0 Å². The quantitative estimate of drug-likeness (QED) is 0.657. The monoisotopic (exact) mass is 243 g/mol. The van der Waals surface area contributed by atoms with Crippen LogP contribution < -0.4 is 5.56 Å². The van der Waals surface area contributed by atoms with Gasteiger partial charge in [-0.25, -0.2) is 9.97 Å². The number of pyridine rings is 1. The van der Waals surface area contributed by atoms with E-state index in [0.29, 0.717) is 17.8 Å². The highest BCUT2D eigenvalue weighted by Crippen LogP contribution is 2.26. The first-order valence-corrected chi connectivity index (χ1v) is 5.87. The maximum atomic E-state index is 12.1. The number of hydrogen-bond acceptors (Lipinski definition) is 4. The van der Waals surface area contributed by atoms with Crippen molar-refractivity contribution in [1.29, 1.82) is 0 Å². The predicted molar refractivity (Wildman–Crippen MR) is 68.7 cm³/mol. The van der Waals surface area contributed by atoms with Crippen LogP contribution in [-0.4, -0.2) is 14.5 Å². The lowest BCUT2D eigenvalue weighted by molar-refractivity contribution is 0.626. The summed E-state index contributed by atoms with van der Waals surface area (Å²) in [7, 11) is 0. The molecule has 0 fully saturated rings. The third-order valence-electron chi connectivity index (χ3n) is 3.08. The van der Waals surface area contributed by atoms with Crippen LogP contribution in [0.4, 0.5) is 0 Å². The molecule has 0 spiro atoms. The Kier molecular flexibility index (Phi) is 2.23. The number of fused-ring (bicyclic) bond motifs is 3. The SMILES string of the molecule is CCn1cnc2c(oc3nc(C)cc(C)c32)c1=O. The molecule has 0 N–H and O–H groups in total. The first kappa shape index (κ1) is 11.0. The molecule has 18 heavy (non-hydrogen) atoms. The second kappa shape index (κ2) is 3.66. The van der Waals surface area contributed by atoms with Crippen LogP contribution in [0.2, 0.25) is 0 Å². The number of rotatable bonds is 1. The summed E-state index contributed by atoms with van der Waals surface area (Å²) in [5, 5.41) is 0.830. The van der Waals surface area contributed by atoms with Gasteiger partial charge in [-0.1, -0.05) is 0 Å². The maximum Gasteiger partial charge on any atom is 0.297 e. The molecule has 3 rings (SSSR count). The third-order valence-corrected chi connectivity index (χ3v) is 3.08. The summed E-state index contributed by atoms with van der Waals surface area (Å²) in [5.41, 5.74) is 3.12. The smallest absolute Gasteiger partial charge is 0.297 e. The van der Waals surface area contributed by atoms with Gasteiger partial charge in [0.05, 0.1) is 11.7 Å². The van der Waals surface area contributed by atoms with Crippen molar-refractivity contribution in [2.45, 2.75) is 27.3 Å². The van der Waals surface area contributed by atoms with Gasteiger partial charge in [-0.15, -0.1) is 0 Å². The van der Waals surface area contributed by atoms with Crippen LogP contribution in [0, 0.1) is 13.8 Å². The molecule has 0 aliphatic carbocycles. The average Bonchev–Trinajstić information content (AvgIpc) is 2.69. The molecule has 3 heterocycles. The van der Waals surface area contributed by atoms with Crippen molar-refractivity contribution in [3.63, 3.8) is 0 Å². The van der Waals surface area contributed by atoms with E-state index in [2.05, 4.69) is 9.97 Å². The van der Waals surface area contributed by atoms with Crippen molar-refractivity contribution in [2.24, 2.45) is 0 Å². The van der Waals surface area contributed by atoms with Crippen molar-refractivity contribution in [1.82, 2.24) is 14.5 Å². The van der Waals surface area contributed by atoms with Crippen LogP contribution in [0.5, 0.6) is 0 Å². The number of furan rings is 1. The van der Waals surface area contributed by atoms with E-state index >= 15 is 0 Å². The van der Waals surface area contributed by atoms with Crippen molar-refractivity contribution in [3.05, 3.63) is 34.0 Å². The van der Waals surface area contributed by atoms with Crippen molar-refractivity contribution in [2.75, 3.05) is 0 Å². The predicted octanol–water partition coefficient (Wildman–Crippen LogP) is 2.17. The van der Waals surface area contributed by atoms with Gasteiger partial charge in [0.2, 0.25) is 11.3 Å². The van der Waals surface area contributed by atoms with Crippen LogP contribution in [0.25, 0.3) is 22.2 Å². The fourth-order valence-electron chi connectivity index (χ4n) is 2.23. The minimum absolute atomic E-state index is 0.155. The topological polar surface area (TPSA) is 60.9 Å². The summed E-state index contributed by atoms with van der Waals surface area (Å²) >= 11 is 0. The summed E-state index contributed by atoms with van der Waals surface area (Å²) < 4.78 is 7.10. The van der Waals surface area contributed by atoms with Gasteiger partial charge in [0, 0.05) is 12.2 Å². The number of aryl methyl sites for hydroxylation is 3. The molecule has 0 aliphatic heterocycles. The first-order chi connectivity index (χ1) is 8.61. The average molecular weight is 243 g/mol. The van der Waals surface area contributed by atoms with Gasteiger partial charge in [0.1, 0.15) is 5.52 Å². The molecule has 92 valence electrons. The second-order valence-corrected chi connectivity index (χ2v) is 4.38. The standard InChI is InChI=1S/C13H13N3O2/c1-4-16-6-14-10-9-7(2)5-8(3)15-12(9)18-11(10)13(16)17/h5-6H,4H2,1-3H3. The van der Waals surface area contributed by atoms with Gasteiger partial charge in [-0.2, -0.15) is 0 Å². The Labute approximate surface area is 103 Å². The van der Waals surface area contributed by atoms with Crippen molar-refractivity contribution in [3.8, 4) is 0 Å². The van der Waals surface area contributed by atoms with Crippen molar-refractivity contribution >= 4 is 22.2 Å². The summed E-state index contributed by atoms with van der Waals surface area (Å²) in [6.07, 6.45) is 1.55. The van der Waals surface area contributed by atoms with Crippen LogP contribution in [0.1, 0.15) is 18.2 Å². The van der Waals surface area contributed by atoms with Crippen LogP contribution in [0.15, 0.2) is 21.6 Å². The molecule has 3 aromatic heterocycles. The summed E-state index contributed by atoms with van der Waals surface area (Å²) in [6, 6.07) is 1.96. The number of nitrogens with zero attached hydrogens (tertiary/aromatic N) is 3. The molecule has 0 aromatic carbocycles. The minimum atomic E-state index is -0.155. The Balaban J connectivity index is 2.55. The fourth-order valence-corrected chi connectivity index (χ4v) is 2.23. The van der Waals surface area contributed by atoms with Gasteiger partial charge < -0.3 is 4.42 Å². The van der Waals surface area contributed by atoms with E-state index in [1.807, 2.05) is 26.8 Å². The van der Waals surface area contributed by atoms with Gasteiger partial charge in [-0.3, -0.25) is 9.36 Å². The lowest BCUT2D eigenvalue weighted by atomic mass is 10.1. The van der Waals surface area contributed by atoms with Gasteiger partial charge >= 0.3 is 0 Å². The van der Waals surface area contributed by atoms with Crippen LogP contribution >= 0.6 is 0 Å². The minimum Gasteiger partial charge on any atom is -0.430 e. The van der Waals surface area contributed by atoms with Crippen LogP contribution in [-0.2, 0) is 6.54 Å². The Bertz CT molecular complexity index is 814. The van der Waals surface area contributed by atoms with E-state index in [0.717, 1.165) is 16.6 Å². The largest absolute Gasteiger partial charge is 0.430 e. The first-order valence-electron chi connectivity index (χ1n) is 5.87. The normalized spacial score (nSPS) is 11.5. The van der Waals surface area contributed by atoms with E-state index in [1.165, 1.54) is 4.57 Å². The molecular weight excluding hydrogens is 230 g/mol. The van der Waals surface area contributed by atoms with Gasteiger partial charge in [0.25, 0.3) is 5.56 Å². The lowest BCUT2D eigenvalue weighted by Crippen LogP contribution is -2.18. The Morgan fingerprint density at radius 3 is 2.89 bits per heavy atom. The molecule has 0 atom stereocenters. The lowest BCUT2D eigenvalue weighted by Gasteiger charge is -1.99. The molecule has 0 saturated heterocycles. The molecule has 0 aliphatic rings. The van der Waals surface area contributed by atoms with E-state index in [4.69, 9.17) is 4.42 Å². The van der Waals surface area contributed by atoms with E-state index in [-0.39, 0.29) is 11.1 Å². The maximum absolute atomic E-state index is 12.1. The van der Waals surface area contributed by atoms with E-state index in [1.54, 1.807) is 6.33 Å². The van der Waals surface area contributed by atoms with Gasteiger partial charge in [-0.05, 0) is 32.4 Å². The molecule has 5 nitrogen and oxygen atoms in total. The molecule has 0 unspecified atom stereocenters. The van der Waals surface area contributed by atoms with Crippen molar-refractivity contribution < 1.29 is 4.42 Å². The highest BCUT2D eigenvalue weighted by atomic mass is 16.3. The molecule has 3 aromatic rings. The summed E-state index contributed by atoms with van der Waals surface area (Å²) in [6.45, 7) is 6.34. The fraction of sp³-hybridized carbons (Fsp3) is 0.308. The third kappa shape index (κ3) is 1.37. The molecule has 0 saturated carbocycles. The Morgan fingerprint density at radius 2 is 2.17 bits per heavy atom. The summed E-state index contributed by atoms with van der Waals surface area (Å²) in [5.74, 6) is 0. The molecule has 5 heteroatoms. The second-order valence-electron chi connectivity index (χ2n) is 4.38. The molecule has 0 amide bonds. The zero-order valence-electron chi connectivity index (χ0n) is 10.5. The molecular formula is C13H13N3O2. The van der Waals surface area contributed by atoms with Gasteiger partial charge in [0.15, 0.2) is 0 Å². The Hall–Kier alpha value is -2.17. The number of aromatic nitrogens is 3. The van der Waals surface area contributed by atoms with E-state index in [9.17, 15) is 4.79 Å². The highest BCUT2D eigenvalue weighted by Gasteiger charge is 2.15. The van der Waals surface area contributed by atoms with Crippen LogP contribution in [0.3, 0.4) is 0 Å². The summed E-state index contributed by atoms with van der Waals surface area (Å²) in [4.78, 5) is 20.8. The molecule has 0 radical (unpaired) electrons. The highest BCUT2D eigenvalue weighted by molar-refractivity contribution is 6.02. The zero-order chi connectivity index (χ0) is 12.9.